The second-order valence-corrected chi connectivity index (χ2v) is 5.53. The number of rotatable bonds is 3. The van der Waals surface area contributed by atoms with Crippen LogP contribution in [0.3, 0.4) is 0 Å². The van der Waals surface area contributed by atoms with Gasteiger partial charge in [0, 0.05) is 19.5 Å². The molecule has 114 valence electrons. The highest BCUT2D eigenvalue weighted by Gasteiger charge is 2.13. The van der Waals surface area contributed by atoms with Gasteiger partial charge in [-0.3, -0.25) is 0 Å². The molecular weight excluding hydrogens is 308 g/mol. The van der Waals surface area contributed by atoms with E-state index in [1.807, 2.05) is 0 Å². The second-order valence-electron chi connectivity index (χ2n) is 4.67. The molecule has 0 saturated carbocycles. The first-order chi connectivity index (χ1) is 10.5. The van der Waals surface area contributed by atoms with Gasteiger partial charge in [0.2, 0.25) is 0 Å². The van der Waals surface area contributed by atoms with E-state index < -0.39 is 17.1 Å². The van der Waals surface area contributed by atoms with Crippen molar-refractivity contribution in [1.29, 1.82) is 0 Å². The highest BCUT2D eigenvalue weighted by molar-refractivity contribution is 7.13. The lowest BCUT2D eigenvalue weighted by Gasteiger charge is -2.07. The molecule has 0 unspecified atom stereocenters. The summed E-state index contributed by atoms with van der Waals surface area (Å²) in [7, 11) is 2.66. The number of nitrogens with zero attached hydrogens (tertiary/aromatic N) is 4. The quantitative estimate of drug-likeness (QED) is 0.678. The largest absolute Gasteiger partial charge is 0.462 e. The average Bonchev–Trinajstić information content (AvgIpc) is 3.18. The Kier molecular flexibility index (Phi) is 3.41. The first-order valence-corrected chi connectivity index (χ1v) is 7.22. The van der Waals surface area contributed by atoms with Crippen molar-refractivity contribution in [3.63, 3.8) is 0 Å². The molecule has 3 rings (SSSR count). The molecule has 3 heterocycles. The van der Waals surface area contributed by atoms with Crippen molar-refractivity contribution in [2.24, 2.45) is 14.1 Å². The number of thiazole rings is 1. The summed E-state index contributed by atoms with van der Waals surface area (Å²) in [5.41, 5.74) is -1.43. The molecule has 0 N–H and O–H groups in total. The fraction of sp³-hybridized carbons (Fsp3) is 0.231. The topological polar surface area (TPSA) is 92.0 Å². The summed E-state index contributed by atoms with van der Waals surface area (Å²) in [6, 6.07) is 3.53. The molecular formula is C13H12N4O4S. The maximum absolute atomic E-state index is 12.1. The molecule has 0 aliphatic carbocycles. The van der Waals surface area contributed by atoms with Crippen LogP contribution in [0.1, 0.15) is 5.69 Å². The van der Waals surface area contributed by atoms with Gasteiger partial charge in [0.25, 0.3) is 0 Å². The van der Waals surface area contributed by atoms with E-state index in [2.05, 4.69) is 4.98 Å². The van der Waals surface area contributed by atoms with Crippen molar-refractivity contribution in [3.8, 4) is 10.8 Å². The van der Waals surface area contributed by atoms with Crippen LogP contribution >= 0.6 is 11.3 Å². The van der Waals surface area contributed by atoms with Crippen LogP contribution in [0.4, 0.5) is 0 Å². The standard InChI is InChI=1S/C13H12N4O4S/c1-15-11(18)16(2)13(20)17(12(15)19)6-8-7-22-10(14-8)9-4-3-5-21-9/h3-5,7H,6H2,1-2H3. The molecule has 0 aromatic carbocycles. The van der Waals surface area contributed by atoms with Crippen molar-refractivity contribution >= 4 is 11.3 Å². The van der Waals surface area contributed by atoms with E-state index >= 15 is 0 Å². The van der Waals surface area contributed by atoms with Gasteiger partial charge < -0.3 is 4.42 Å². The molecule has 0 amide bonds. The van der Waals surface area contributed by atoms with Crippen LogP contribution in [0.2, 0.25) is 0 Å². The summed E-state index contributed by atoms with van der Waals surface area (Å²) in [6.45, 7) is -0.00314. The Bertz CT molecular complexity index is 950. The molecule has 0 bridgehead atoms. The summed E-state index contributed by atoms with van der Waals surface area (Å²) in [5, 5.41) is 2.41. The number of aromatic nitrogens is 4. The van der Waals surface area contributed by atoms with Crippen molar-refractivity contribution in [1.82, 2.24) is 18.7 Å². The Balaban J connectivity index is 2.03. The summed E-state index contributed by atoms with van der Waals surface area (Å²) in [4.78, 5) is 40.1. The van der Waals surface area contributed by atoms with E-state index in [1.54, 1.807) is 23.8 Å². The van der Waals surface area contributed by atoms with Crippen LogP contribution in [-0.4, -0.2) is 18.7 Å². The molecule has 0 fully saturated rings. The third kappa shape index (κ3) is 2.25. The first kappa shape index (κ1) is 14.3. The van der Waals surface area contributed by atoms with Crippen LogP contribution in [0.25, 0.3) is 10.8 Å². The molecule has 22 heavy (non-hydrogen) atoms. The van der Waals surface area contributed by atoms with Gasteiger partial charge in [0.1, 0.15) is 0 Å². The van der Waals surface area contributed by atoms with E-state index in [1.165, 1.54) is 25.4 Å². The Morgan fingerprint density at radius 3 is 2.41 bits per heavy atom. The molecule has 3 aromatic rings. The van der Waals surface area contributed by atoms with E-state index in [4.69, 9.17) is 4.42 Å². The molecule has 0 aliphatic rings. The van der Waals surface area contributed by atoms with E-state index in [9.17, 15) is 14.4 Å². The van der Waals surface area contributed by atoms with Crippen LogP contribution in [-0.2, 0) is 20.6 Å². The van der Waals surface area contributed by atoms with Crippen LogP contribution < -0.4 is 17.1 Å². The summed E-state index contributed by atoms with van der Waals surface area (Å²) in [5.74, 6) is 0.622. The fourth-order valence-corrected chi connectivity index (χ4v) is 2.80. The van der Waals surface area contributed by atoms with E-state index in [0.717, 1.165) is 13.7 Å². The number of furan rings is 1. The minimum absolute atomic E-state index is 0.00314. The minimum Gasteiger partial charge on any atom is -0.462 e. The van der Waals surface area contributed by atoms with Crippen molar-refractivity contribution < 1.29 is 4.42 Å². The van der Waals surface area contributed by atoms with Gasteiger partial charge in [-0.2, -0.15) is 0 Å². The molecule has 9 heteroatoms. The van der Waals surface area contributed by atoms with Crippen molar-refractivity contribution in [2.75, 3.05) is 0 Å². The van der Waals surface area contributed by atoms with Gasteiger partial charge in [0.05, 0.1) is 18.5 Å². The highest BCUT2D eigenvalue weighted by Crippen LogP contribution is 2.23. The normalized spacial score (nSPS) is 11.0. The van der Waals surface area contributed by atoms with Crippen LogP contribution in [0, 0.1) is 0 Å². The molecule has 0 saturated heterocycles. The van der Waals surface area contributed by atoms with Crippen LogP contribution in [0.5, 0.6) is 0 Å². The lowest BCUT2D eigenvalue weighted by Crippen LogP contribution is -2.52. The minimum atomic E-state index is -0.666. The summed E-state index contributed by atoms with van der Waals surface area (Å²) < 4.78 is 8.01. The Hall–Kier alpha value is -2.68. The van der Waals surface area contributed by atoms with Gasteiger partial charge >= 0.3 is 17.1 Å². The number of hydrogen-bond acceptors (Lipinski definition) is 6. The Morgan fingerprint density at radius 1 is 1.14 bits per heavy atom. The average molecular weight is 320 g/mol. The van der Waals surface area contributed by atoms with Gasteiger partial charge in [-0.1, -0.05) is 0 Å². The van der Waals surface area contributed by atoms with Crippen molar-refractivity contribution in [3.05, 3.63) is 60.9 Å². The molecule has 0 atom stereocenters. The van der Waals surface area contributed by atoms with Gasteiger partial charge in [-0.25, -0.2) is 33.1 Å². The van der Waals surface area contributed by atoms with E-state index in [0.29, 0.717) is 16.5 Å². The van der Waals surface area contributed by atoms with Gasteiger partial charge in [-0.15, -0.1) is 11.3 Å². The highest BCUT2D eigenvalue weighted by atomic mass is 32.1. The predicted molar refractivity (Wildman–Crippen MR) is 80.1 cm³/mol. The summed E-state index contributed by atoms with van der Waals surface area (Å²) in [6.07, 6.45) is 1.55. The predicted octanol–water partition coefficient (Wildman–Crippen LogP) is 0.0105. The maximum atomic E-state index is 12.1. The molecule has 0 aliphatic heterocycles. The lowest BCUT2D eigenvalue weighted by molar-refractivity contribution is 0.525. The zero-order chi connectivity index (χ0) is 15.9. The van der Waals surface area contributed by atoms with Crippen molar-refractivity contribution in [2.45, 2.75) is 6.54 Å². The molecule has 0 spiro atoms. The first-order valence-electron chi connectivity index (χ1n) is 6.34. The third-order valence-electron chi connectivity index (χ3n) is 3.21. The molecule has 3 aromatic heterocycles. The van der Waals surface area contributed by atoms with Gasteiger partial charge in [0.15, 0.2) is 10.8 Å². The monoisotopic (exact) mass is 320 g/mol. The van der Waals surface area contributed by atoms with E-state index in [-0.39, 0.29) is 6.54 Å². The lowest BCUT2D eigenvalue weighted by atomic mass is 10.4. The second kappa shape index (κ2) is 5.26. The summed E-state index contributed by atoms with van der Waals surface area (Å²) >= 11 is 1.35. The molecule has 0 radical (unpaired) electrons. The number of hydrogen-bond donors (Lipinski definition) is 0. The SMILES string of the molecule is Cn1c(=O)n(C)c(=O)n(Cc2csc(-c3ccco3)n2)c1=O. The Morgan fingerprint density at radius 2 is 1.82 bits per heavy atom. The zero-order valence-corrected chi connectivity index (χ0v) is 12.7. The maximum Gasteiger partial charge on any atom is 0.336 e. The van der Waals surface area contributed by atoms with Gasteiger partial charge in [-0.05, 0) is 12.1 Å². The van der Waals surface area contributed by atoms with Crippen LogP contribution in [0.15, 0.2) is 42.6 Å². The fourth-order valence-electron chi connectivity index (χ4n) is 2.02. The smallest absolute Gasteiger partial charge is 0.336 e. The zero-order valence-electron chi connectivity index (χ0n) is 11.8. The Labute approximate surface area is 127 Å². The third-order valence-corrected chi connectivity index (χ3v) is 4.12. The molecule has 8 nitrogen and oxygen atoms in total.